The smallest absolute Gasteiger partial charge is 0.218 e. The lowest BCUT2D eigenvalue weighted by Gasteiger charge is -2.26. The van der Waals surface area contributed by atoms with Crippen molar-refractivity contribution in [1.29, 1.82) is 0 Å². The van der Waals surface area contributed by atoms with Gasteiger partial charge in [-0.05, 0) is 27.2 Å². The van der Waals surface area contributed by atoms with E-state index in [9.17, 15) is 13.0 Å². The van der Waals surface area contributed by atoms with Crippen molar-refractivity contribution >= 4 is 10.4 Å². The average molecular weight is 311 g/mol. The zero-order chi connectivity index (χ0) is 16.1. The Morgan fingerprint density at radius 2 is 1.40 bits per heavy atom. The van der Waals surface area contributed by atoms with Crippen LogP contribution in [0.25, 0.3) is 0 Å². The van der Waals surface area contributed by atoms with Crippen LogP contribution in [0.2, 0.25) is 0 Å². The third kappa shape index (κ3) is 20.2. The van der Waals surface area contributed by atoms with Gasteiger partial charge in [0.1, 0.15) is 0 Å². The van der Waals surface area contributed by atoms with Crippen LogP contribution in [-0.4, -0.2) is 25.1 Å². The van der Waals surface area contributed by atoms with Crippen LogP contribution in [0.4, 0.5) is 0 Å². The maximum atomic E-state index is 10.5. The Hall–Kier alpha value is -0.170. The molecule has 0 atom stereocenters. The minimum atomic E-state index is -4.59. The number of rotatable bonds is 10. The number of quaternary nitrogens is 1. The molecule has 124 valence electrons. The van der Waals surface area contributed by atoms with Crippen LogP contribution in [0.5, 0.6) is 0 Å². The molecule has 5 nitrogen and oxygen atoms in total. The molecule has 0 heterocycles. The van der Waals surface area contributed by atoms with Crippen LogP contribution in [0.15, 0.2) is 0 Å². The first-order valence-electron chi connectivity index (χ1n) is 7.64. The van der Waals surface area contributed by atoms with Crippen LogP contribution in [0.3, 0.4) is 0 Å². The average Bonchev–Trinajstić information content (AvgIpc) is 2.25. The molecule has 3 N–H and O–H groups in total. The maximum absolute atomic E-state index is 10.5. The Kier molecular flexibility index (Phi) is 13.9. The molecule has 0 aliphatic heterocycles. The zero-order valence-corrected chi connectivity index (χ0v) is 14.4. The highest BCUT2D eigenvalue weighted by Gasteiger charge is 2.21. The second-order valence-corrected chi connectivity index (χ2v) is 6.61. The lowest BCUT2D eigenvalue weighted by Crippen LogP contribution is -2.48. The predicted octanol–water partition coefficient (Wildman–Crippen LogP) is 2.63. The fraction of sp³-hybridized carbons (Fsp3) is 1.00. The molecule has 0 fully saturated rings. The van der Waals surface area contributed by atoms with Crippen molar-refractivity contribution in [2.75, 3.05) is 6.54 Å². The van der Waals surface area contributed by atoms with E-state index in [1.807, 2.05) is 6.92 Å². The van der Waals surface area contributed by atoms with Gasteiger partial charge in [0.25, 0.3) is 0 Å². The molecular formula is C14H33NO4S. The minimum Gasteiger partial charge on any atom is -0.726 e. The molecule has 0 amide bonds. The zero-order valence-electron chi connectivity index (χ0n) is 13.6. The van der Waals surface area contributed by atoms with Gasteiger partial charge in [0.15, 0.2) is 0 Å². The fourth-order valence-corrected chi connectivity index (χ4v) is 2.46. The molecule has 0 aliphatic rings. The summed E-state index contributed by atoms with van der Waals surface area (Å²) in [6, 6.07) is 0. The molecule has 0 aliphatic carbocycles. The highest BCUT2D eigenvalue weighted by Crippen LogP contribution is 2.21. The van der Waals surface area contributed by atoms with Crippen molar-refractivity contribution in [3.8, 4) is 0 Å². The number of hydrogen-bond acceptors (Lipinski definition) is 4. The summed E-state index contributed by atoms with van der Waals surface area (Å²) in [5.41, 5.74) is 2.62. The molecule has 0 spiro atoms. The van der Waals surface area contributed by atoms with Crippen molar-refractivity contribution in [2.24, 2.45) is 0 Å². The van der Waals surface area contributed by atoms with E-state index in [2.05, 4.69) is 16.8 Å². The highest BCUT2D eigenvalue weighted by atomic mass is 32.3. The van der Waals surface area contributed by atoms with E-state index < -0.39 is 16.0 Å². The summed E-state index contributed by atoms with van der Waals surface area (Å²) in [7, 11) is -4.59. The van der Waals surface area contributed by atoms with Crippen molar-refractivity contribution < 1.29 is 22.9 Å². The number of hydrogen-bond donors (Lipinski definition) is 1. The largest absolute Gasteiger partial charge is 0.726 e. The first-order chi connectivity index (χ1) is 9.18. The first kappa shape index (κ1) is 22.1. The SMILES string of the molecule is CCCCCCCCCC(C)(C)OS(=O)(=O)[O-].CC[NH3+]. The fourth-order valence-electron chi connectivity index (χ4n) is 1.83. The third-order valence-electron chi connectivity index (χ3n) is 2.71. The van der Waals surface area contributed by atoms with Crippen molar-refractivity contribution in [3.63, 3.8) is 0 Å². The topological polar surface area (TPSA) is 94.1 Å². The van der Waals surface area contributed by atoms with Gasteiger partial charge >= 0.3 is 0 Å². The van der Waals surface area contributed by atoms with E-state index in [0.717, 1.165) is 19.4 Å². The highest BCUT2D eigenvalue weighted by molar-refractivity contribution is 7.80. The summed E-state index contributed by atoms with van der Waals surface area (Å²) < 4.78 is 35.9. The summed E-state index contributed by atoms with van der Waals surface area (Å²) in [5, 5.41) is 0. The summed E-state index contributed by atoms with van der Waals surface area (Å²) in [6.45, 7) is 8.47. The molecule has 0 radical (unpaired) electrons. The number of unbranched alkanes of at least 4 members (excludes halogenated alkanes) is 6. The van der Waals surface area contributed by atoms with E-state index in [1.54, 1.807) is 13.8 Å². The second-order valence-electron chi connectivity index (χ2n) is 5.62. The minimum absolute atomic E-state index is 0.599. The second kappa shape index (κ2) is 12.6. The van der Waals surface area contributed by atoms with Gasteiger partial charge in [-0.25, -0.2) is 8.42 Å². The van der Waals surface area contributed by atoms with Crippen LogP contribution in [0.1, 0.15) is 79.1 Å². The van der Waals surface area contributed by atoms with Crippen LogP contribution >= 0.6 is 0 Å². The molecule has 0 aromatic rings. The predicted molar refractivity (Wildman–Crippen MR) is 80.9 cm³/mol. The molecule has 0 aromatic heterocycles. The monoisotopic (exact) mass is 311 g/mol. The Balaban J connectivity index is 0. The molecule has 20 heavy (non-hydrogen) atoms. The molecule has 0 bridgehead atoms. The first-order valence-corrected chi connectivity index (χ1v) is 8.97. The Bertz CT molecular complexity index is 302. The Labute approximate surface area is 125 Å². The lowest BCUT2D eigenvalue weighted by molar-refractivity contribution is -0.361. The van der Waals surface area contributed by atoms with E-state index >= 15 is 0 Å². The molecule has 0 saturated heterocycles. The van der Waals surface area contributed by atoms with E-state index in [-0.39, 0.29) is 0 Å². The summed E-state index contributed by atoms with van der Waals surface area (Å²) in [6.07, 6.45) is 8.75. The van der Waals surface area contributed by atoms with Crippen LogP contribution in [0, 0.1) is 0 Å². The normalized spacial score (nSPS) is 11.9. The van der Waals surface area contributed by atoms with E-state index in [0.29, 0.717) is 6.42 Å². The molecular weight excluding hydrogens is 278 g/mol. The van der Waals surface area contributed by atoms with Gasteiger partial charge in [0.05, 0.1) is 12.1 Å². The van der Waals surface area contributed by atoms with Crippen molar-refractivity contribution in [2.45, 2.75) is 84.7 Å². The van der Waals surface area contributed by atoms with Crippen LogP contribution in [-0.2, 0) is 14.6 Å². The third-order valence-corrected chi connectivity index (χ3v) is 3.37. The van der Waals surface area contributed by atoms with Gasteiger partial charge in [-0.15, -0.1) is 0 Å². The lowest BCUT2D eigenvalue weighted by atomic mass is 10.00. The van der Waals surface area contributed by atoms with Gasteiger partial charge in [-0.2, -0.15) is 0 Å². The quantitative estimate of drug-likeness (QED) is 0.381. The standard InChI is InChI=1S/C12H26O4S.C2H7N/c1-4-5-6-7-8-9-10-11-12(2,3)16-17(13,14)15;1-2-3/h4-11H2,1-3H3,(H,13,14,15);2-3H2,1H3. The molecule has 0 rings (SSSR count). The van der Waals surface area contributed by atoms with Crippen LogP contribution < -0.4 is 5.73 Å². The molecule has 6 heteroatoms. The van der Waals surface area contributed by atoms with Gasteiger partial charge in [0.2, 0.25) is 10.4 Å². The van der Waals surface area contributed by atoms with Crippen molar-refractivity contribution in [3.05, 3.63) is 0 Å². The summed E-state index contributed by atoms with van der Waals surface area (Å²) >= 11 is 0. The van der Waals surface area contributed by atoms with Gasteiger partial charge in [0, 0.05) is 0 Å². The van der Waals surface area contributed by atoms with E-state index in [4.69, 9.17) is 0 Å². The van der Waals surface area contributed by atoms with Gasteiger partial charge in [-0.3, -0.25) is 4.18 Å². The van der Waals surface area contributed by atoms with Gasteiger partial charge in [-0.1, -0.05) is 51.9 Å². The van der Waals surface area contributed by atoms with Crippen molar-refractivity contribution in [1.82, 2.24) is 0 Å². The Morgan fingerprint density at radius 3 is 1.80 bits per heavy atom. The molecule has 0 saturated carbocycles. The maximum Gasteiger partial charge on any atom is 0.218 e. The van der Waals surface area contributed by atoms with E-state index in [1.165, 1.54) is 32.1 Å². The Morgan fingerprint density at radius 1 is 1.00 bits per heavy atom. The summed E-state index contributed by atoms with van der Waals surface area (Å²) in [5.74, 6) is 0. The molecule has 0 aromatic carbocycles. The van der Waals surface area contributed by atoms with Gasteiger partial charge < -0.3 is 10.3 Å². The summed E-state index contributed by atoms with van der Waals surface area (Å²) in [4.78, 5) is 0. The molecule has 0 unspecified atom stereocenters.